The zero-order valence-corrected chi connectivity index (χ0v) is 11.8. The second-order valence-electron chi connectivity index (χ2n) is 4.04. The average Bonchev–Trinajstić information content (AvgIpc) is 2.93. The number of nitrogens with one attached hydrogen (secondary N) is 1. The first-order chi connectivity index (χ1) is 9.54. The van der Waals surface area contributed by atoms with Gasteiger partial charge in [0.15, 0.2) is 0 Å². The lowest BCUT2D eigenvalue weighted by Gasteiger charge is -2.07. The number of aromatic nitrogens is 2. The number of nitrogens with two attached hydrogens (primary N) is 1. The van der Waals surface area contributed by atoms with Crippen LogP contribution in [-0.4, -0.2) is 18.4 Å². The van der Waals surface area contributed by atoms with Crippen molar-refractivity contribution in [2.45, 2.75) is 4.21 Å². The Morgan fingerprint density at radius 3 is 2.85 bits per heavy atom. The van der Waals surface area contributed by atoms with Crippen molar-refractivity contribution in [2.75, 3.05) is 10.5 Å². The Morgan fingerprint density at radius 2 is 2.10 bits per heavy atom. The highest BCUT2D eigenvalue weighted by Crippen LogP contribution is 2.22. The highest BCUT2D eigenvalue weighted by Gasteiger charge is 2.15. The van der Waals surface area contributed by atoms with E-state index in [9.17, 15) is 8.42 Å². The van der Waals surface area contributed by atoms with Gasteiger partial charge >= 0.3 is 0 Å². The summed E-state index contributed by atoms with van der Waals surface area (Å²) in [5.74, 6) is 0.185. The Kier molecular flexibility index (Phi) is 3.03. The molecule has 0 saturated heterocycles. The number of nitrogen functional groups attached to an aromatic ring is 1. The molecule has 0 atom stereocenters. The number of fused-ring (bicyclic) bond motifs is 1. The molecule has 1 aromatic carbocycles. The quantitative estimate of drug-likeness (QED) is 0.772. The van der Waals surface area contributed by atoms with Crippen molar-refractivity contribution in [3.05, 3.63) is 41.9 Å². The van der Waals surface area contributed by atoms with Crippen LogP contribution in [0.3, 0.4) is 0 Å². The van der Waals surface area contributed by atoms with Gasteiger partial charge in [0.2, 0.25) is 5.95 Å². The zero-order chi connectivity index (χ0) is 14.2. The Labute approximate surface area is 119 Å². The summed E-state index contributed by atoms with van der Waals surface area (Å²) in [4.78, 5) is 7.94. The van der Waals surface area contributed by atoms with E-state index < -0.39 is 10.0 Å². The number of nitrogens with zero attached hydrogens (tertiary/aromatic N) is 2. The summed E-state index contributed by atoms with van der Waals surface area (Å²) >= 11 is 1.16. The van der Waals surface area contributed by atoms with E-state index in [1.807, 2.05) is 0 Å². The van der Waals surface area contributed by atoms with E-state index >= 15 is 0 Å². The van der Waals surface area contributed by atoms with E-state index in [-0.39, 0.29) is 10.2 Å². The minimum atomic E-state index is -3.54. The first kappa shape index (κ1) is 12.8. The third-order valence-electron chi connectivity index (χ3n) is 2.61. The minimum Gasteiger partial charge on any atom is -0.368 e. The Morgan fingerprint density at radius 1 is 1.25 bits per heavy atom. The molecule has 0 spiro atoms. The van der Waals surface area contributed by atoms with Gasteiger partial charge in [0, 0.05) is 17.3 Å². The number of hydrogen-bond acceptors (Lipinski definition) is 6. The van der Waals surface area contributed by atoms with Crippen LogP contribution in [0.1, 0.15) is 0 Å². The van der Waals surface area contributed by atoms with Crippen LogP contribution in [0.4, 0.5) is 11.6 Å². The van der Waals surface area contributed by atoms with Crippen LogP contribution >= 0.6 is 11.3 Å². The molecule has 102 valence electrons. The fourth-order valence-electron chi connectivity index (χ4n) is 1.73. The van der Waals surface area contributed by atoms with Crippen molar-refractivity contribution >= 4 is 43.9 Å². The first-order valence-corrected chi connectivity index (χ1v) is 7.99. The third-order valence-corrected chi connectivity index (χ3v) is 5.39. The molecule has 3 rings (SSSR count). The molecule has 3 aromatic rings. The van der Waals surface area contributed by atoms with Crippen molar-refractivity contribution in [1.29, 1.82) is 0 Å². The lowest BCUT2D eigenvalue weighted by atomic mass is 10.2. The number of rotatable bonds is 3. The largest absolute Gasteiger partial charge is 0.368 e. The van der Waals surface area contributed by atoms with Crippen molar-refractivity contribution in [3.63, 3.8) is 0 Å². The molecule has 0 aliphatic rings. The molecule has 0 unspecified atom stereocenters. The summed E-state index contributed by atoms with van der Waals surface area (Å²) in [6.07, 6.45) is 1.56. The molecule has 0 aliphatic heterocycles. The molecule has 0 aliphatic carbocycles. The second-order valence-corrected chi connectivity index (χ2v) is 6.90. The Hall–Kier alpha value is -2.19. The molecule has 8 heteroatoms. The molecule has 0 radical (unpaired) electrons. The molecule has 0 amide bonds. The Bertz CT molecular complexity index is 860. The summed E-state index contributed by atoms with van der Waals surface area (Å²) in [5, 5.41) is 2.43. The van der Waals surface area contributed by atoms with Crippen LogP contribution in [-0.2, 0) is 10.0 Å². The fraction of sp³-hybridized carbons (Fsp3) is 0. The van der Waals surface area contributed by atoms with Crippen LogP contribution in [0.5, 0.6) is 0 Å². The molecule has 2 aromatic heterocycles. The van der Waals surface area contributed by atoms with Gasteiger partial charge in [-0.15, -0.1) is 11.3 Å². The fourth-order valence-corrected chi connectivity index (χ4v) is 3.78. The van der Waals surface area contributed by atoms with Gasteiger partial charge < -0.3 is 5.73 Å². The maximum absolute atomic E-state index is 12.1. The SMILES string of the molecule is Nc1ncc2cc(NS(=O)(=O)c3cccs3)ccc2n1. The van der Waals surface area contributed by atoms with E-state index in [4.69, 9.17) is 5.73 Å². The molecular formula is C12H10N4O2S2. The van der Waals surface area contributed by atoms with E-state index in [2.05, 4.69) is 14.7 Å². The topological polar surface area (TPSA) is 98.0 Å². The normalized spacial score (nSPS) is 11.6. The molecular weight excluding hydrogens is 296 g/mol. The summed E-state index contributed by atoms with van der Waals surface area (Å²) in [7, 11) is -3.54. The van der Waals surface area contributed by atoms with Crippen molar-refractivity contribution in [2.24, 2.45) is 0 Å². The summed E-state index contributed by atoms with van der Waals surface area (Å²) < 4.78 is 27.0. The lowest BCUT2D eigenvalue weighted by molar-refractivity contribution is 0.603. The van der Waals surface area contributed by atoms with Gasteiger partial charge in [-0.1, -0.05) is 6.07 Å². The van der Waals surface area contributed by atoms with Gasteiger partial charge in [-0.2, -0.15) is 0 Å². The van der Waals surface area contributed by atoms with Gasteiger partial charge in [-0.05, 0) is 29.6 Å². The van der Waals surface area contributed by atoms with Gasteiger partial charge in [0.05, 0.1) is 5.52 Å². The lowest BCUT2D eigenvalue weighted by Crippen LogP contribution is -2.11. The molecule has 0 bridgehead atoms. The van der Waals surface area contributed by atoms with Crippen LogP contribution < -0.4 is 10.5 Å². The zero-order valence-electron chi connectivity index (χ0n) is 10.1. The van der Waals surface area contributed by atoms with Gasteiger partial charge in [0.1, 0.15) is 4.21 Å². The highest BCUT2D eigenvalue weighted by atomic mass is 32.2. The molecule has 20 heavy (non-hydrogen) atoms. The van der Waals surface area contributed by atoms with Crippen LogP contribution in [0.25, 0.3) is 10.9 Å². The van der Waals surface area contributed by atoms with E-state index in [1.165, 1.54) is 0 Å². The molecule has 2 heterocycles. The first-order valence-electron chi connectivity index (χ1n) is 5.63. The average molecular weight is 306 g/mol. The van der Waals surface area contributed by atoms with Crippen molar-refractivity contribution in [3.8, 4) is 0 Å². The molecule has 6 nitrogen and oxygen atoms in total. The van der Waals surface area contributed by atoms with Crippen LogP contribution in [0, 0.1) is 0 Å². The maximum Gasteiger partial charge on any atom is 0.271 e. The predicted molar refractivity (Wildman–Crippen MR) is 79.1 cm³/mol. The highest BCUT2D eigenvalue weighted by molar-refractivity contribution is 7.94. The smallest absolute Gasteiger partial charge is 0.271 e. The van der Waals surface area contributed by atoms with Gasteiger partial charge in [-0.3, -0.25) is 4.72 Å². The van der Waals surface area contributed by atoms with Crippen LogP contribution in [0.15, 0.2) is 46.1 Å². The molecule has 3 N–H and O–H groups in total. The second kappa shape index (κ2) is 4.73. The van der Waals surface area contributed by atoms with Gasteiger partial charge in [0.25, 0.3) is 10.0 Å². The number of thiophene rings is 1. The van der Waals surface area contributed by atoms with Crippen molar-refractivity contribution < 1.29 is 8.42 Å². The number of benzene rings is 1. The van der Waals surface area contributed by atoms with Crippen molar-refractivity contribution in [1.82, 2.24) is 9.97 Å². The predicted octanol–water partition coefficient (Wildman–Crippen LogP) is 2.07. The maximum atomic E-state index is 12.1. The van der Waals surface area contributed by atoms with Gasteiger partial charge in [-0.25, -0.2) is 18.4 Å². The molecule has 0 fully saturated rings. The number of hydrogen-bond donors (Lipinski definition) is 2. The summed E-state index contributed by atoms with van der Waals surface area (Å²) in [6, 6.07) is 8.24. The monoisotopic (exact) mass is 306 g/mol. The van der Waals surface area contributed by atoms with E-state index in [1.54, 1.807) is 41.9 Å². The standard InChI is InChI=1S/C12H10N4O2S2/c13-12-14-7-8-6-9(3-4-10(8)15-12)16-20(17,18)11-2-1-5-19-11/h1-7,16H,(H2,13,14,15). The summed E-state index contributed by atoms with van der Waals surface area (Å²) in [6.45, 7) is 0. The number of sulfonamides is 1. The third kappa shape index (κ3) is 2.43. The van der Waals surface area contributed by atoms with E-state index in [0.29, 0.717) is 16.6 Å². The summed E-state index contributed by atoms with van der Waals surface area (Å²) in [5.41, 5.74) is 6.62. The molecule has 0 saturated carbocycles. The van der Waals surface area contributed by atoms with Crippen LogP contribution in [0.2, 0.25) is 0 Å². The number of anilines is 2. The Balaban J connectivity index is 1.98. The minimum absolute atomic E-state index is 0.185. The van der Waals surface area contributed by atoms with E-state index in [0.717, 1.165) is 11.3 Å².